The normalized spacial score (nSPS) is 11.3. The van der Waals surface area contributed by atoms with Crippen LogP contribution in [0, 0.1) is 0 Å². The Balaban J connectivity index is 1.84. The van der Waals surface area contributed by atoms with Gasteiger partial charge < -0.3 is 4.42 Å². The molecule has 23 heavy (non-hydrogen) atoms. The summed E-state index contributed by atoms with van der Waals surface area (Å²) >= 11 is 8.46. The molecule has 0 saturated heterocycles. The zero-order valence-corrected chi connectivity index (χ0v) is 16.7. The zero-order valence-electron chi connectivity index (χ0n) is 12.7. The summed E-state index contributed by atoms with van der Waals surface area (Å²) in [4.78, 5) is 0. The highest BCUT2D eigenvalue weighted by Gasteiger charge is 2.19. The van der Waals surface area contributed by atoms with Gasteiger partial charge in [-0.1, -0.05) is 39.8 Å². The lowest BCUT2D eigenvalue weighted by molar-refractivity contribution is 0.519. The van der Waals surface area contributed by atoms with Crippen LogP contribution in [0.5, 0.6) is 0 Å². The van der Waals surface area contributed by atoms with Crippen LogP contribution in [0.2, 0.25) is 0 Å². The van der Waals surface area contributed by atoms with Gasteiger partial charge in [0.15, 0.2) is 15.6 Å². The molecule has 4 nitrogen and oxygen atoms in total. The molecule has 0 bridgehead atoms. The average molecular weight is 457 g/mol. The largest absolute Gasteiger partial charge is 0.446 e. The Labute approximate surface area is 155 Å². The van der Waals surface area contributed by atoms with E-state index in [-0.39, 0.29) is 6.04 Å². The van der Waals surface area contributed by atoms with Gasteiger partial charge in [0.2, 0.25) is 5.82 Å². The van der Waals surface area contributed by atoms with E-state index in [1.54, 1.807) is 11.8 Å². The number of furan rings is 1. The molecular weight excluding hydrogens is 442 g/mol. The van der Waals surface area contributed by atoms with E-state index in [0.717, 1.165) is 21.2 Å². The van der Waals surface area contributed by atoms with Crippen molar-refractivity contribution in [1.82, 2.24) is 14.8 Å². The maximum Gasteiger partial charge on any atom is 0.200 e. The number of hydrogen-bond acceptors (Lipinski definition) is 4. The van der Waals surface area contributed by atoms with Crippen molar-refractivity contribution in [2.24, 2.45) is 0 Å². The number of benzene rings is 1. The molecule has 0 aliphatic heterocycles. The molecule has 0 amide bonds. The van der Waals surface area contributed by atoms with Crippen LogP contribution < -0.4 is 0 Å². The lowest BCUT2D eigenvalue weighted by Gasteiger charge is -2.12. The fourth-order valence-corrected chi connectivity index (χ4v) is 3.77. The van der Waals surface area contributed by atoms with E-state index in [2.05, 4.69) is 84.7 Å². The second-order valence-electron chi connectivity index (χ2n) is 5.29. The molecule has 0 aliphatic carbocycles. The summed E-state index contributed by atoms with van der Waals surface area (Å²) in [5.74, 6) is 2.32. The van der Waals surface area contributed by atoms with E-state index >= 15 is 0 Å². The second-order valence-corrected chi connectivity index (χ2v) is 7.93. The predicted octanol–water partition coefficient (Wildman–Crippen LogP) is 5.94. The van der Waals surface area contributed by atoms with Crippen molar-refractivity contribution in [1.29, 1.82) is 0 Å². The minimum atomic E-state index is 0.247. The van der Waals surface area contributed by atoms with Gasteiger partial charge in [0.1, 0.15) is 0 Å². The molecule has 0 atom stereocenters. The van der Waals surface area contributed by atoms with Crippen molar-refractivity contribution >= 4 is 43.6 Å². The molecule has 2 aromatic heterocycles. The van der Waals surface area contributed by atoms with Crippen molar-refractivity contribution in [2.45, 2.75) is 30.8 Å². The van der Waals surface area contributed by atoms with Gasteiger partial charge in [0, 0.05) is 16.3 Å². The first-order valence-corrected chi connectivity index (χ1v) is 9.69. The van der Waals surface area contributed by atoms with Crippen LogP contribution in [-0.4, -0.2) is 14.8 Å². The standard InChI is InChI=1S/C16H15Br2N3OS/c1-10(2)21-15(13-7-8-14(18)22-13)19-20-16(21)23-9-11-3-5-12(17)6-4-11/h3-8,10H,9H2,1-2H3. The van der Waals surface area contributed by atoms with Crippen LogP contribution in [0.25, 0.3) is 11.6 Å². The van der Waals surface area contributed by atoms with E-state index in [4.69, 9.17) is 4.42 Å². The molecule has 120 valence electrons. The van der Waals surface area contributed by atoms with E-state index in [9.17, 15) is 0 Å². The predicted molar refractivity (Wildman–Crippen MR) is 99.5 cm³/mol. The first-order valence-electron chi connectivity index (χ1n) is 7.12. The molecule has 2 heterocycles. The van der Waals surface area contributed by atoms with Crippen LogP contribution in [-0.2, 0) is 5.75 Å². The summed E-state index contributed by atoms with van der Waals surface area (Å²) < 4.78 is 9.51. The highest BCUT2D eigenvalue weighted by molar-refractivity contribution is 9.10. The first-order chi connectivity index (χ1) is 11.0. The second kappa shape index (κ2) is 7.23. The van der Waals surface area contributed by atoms with Crippen molar-refractivity contribution < 1.29 is 4.42 Å². The Bertz CT molecular complexity index is 796. The van der Waals surface area contributed by atoms with Crippen LogP contribution in [0.1, 0.15) is 25.5 Å². The molecule has 0 spiro atoms. The minimum Gasteiger partial charge on any atom is -0.446 e. The molecule has 0 saturated carbocycles. The topological polar surface area (TPSA) is 43.9 Å². The highest BCUT2D eigenvalue weighted by atomic mass is 79.9. The Kier molecular flexibility index (Phi) is 5.28. The fourth-order valence-electron chi connectivity index (χ4n) is 2.17. The first kappa shape index (κ1) is 16.8. The van der Waals surface area contributed by atoms with Gasteiger partial charge in [-0.05, 0) is 59.6 Å². The van der Waals surface area contributed by atoms with Gasteiger partial charge in [-0.25, -0.2) is 0 Å². The van der Waals surface area contributed by atoms with E-state index in [1.807, 2.05) is 12.1 Å². The van der Waals surface area contributed by atoms with Gasteiger partial charge in [0.25, 0.3) is 0 Å². The number of halogens is 2. The number of thioether (sulfide) groups is 1. The zero-order chi connectivity index (χ0) is 16.4. The van der Waals surface area contributed by atoms with Gasteiger partial charge in [0.05, 0.1) is 0 Å². The summed E-state index contributed by atoms with van der Waals surface area (Å²) in [5, 5.41) is 9.56. The molecule has 3 aromatic rings. The van der Waals surface area contributed by atoms with E-state index < -0.39 is 0 Å². The van der Waals surface area contributed by atoms with Gasteiger partial charge in [-0.15, -0.1) is 10.2 Å². The van der Waals surface area contributed by atoms with Crippen molar-refractivity contribution in [3.05, 3.63) is 51.1 Å². The molecule has 0 N–H and O–H groups in total. The third-order valence-corrected chi connectivity index (χ3v) is 5.22. The molecule has 0 fully saturated rings. The number of hydrogen-bond donors (Lipinski definition) is 0. The molecule has 0 unspecified atom stereocenters. The van der Waals surface area contributed by atoms with Crippen LogP contribution in [0.3, 0.4) is 0 Å². The SMILES string of the molecule is CC(C)n1c(SCc2ccc(Br)cc2)nnc1-c1ccc(Br)o1. The maximum atomic E-state index is 5.63. The van der Waals surface area contributed by atoms with Crippen molar-refractivity contribution in [3.63, 3.8) is 0 Å². The molecule has 0 radical (unpaired) electrons. The lowest BCUT2D eigenvalue weighted by Crippen LogP contribution is -2.04. The monoisotopic (exact) mass is 455 g/mol. The molecular formula is C16H15Br2N3OS. The van der Waals surface area contributed by atoms with Crippen LogP contribution in [0.15, 0.2) is 55.1 Å². The summed E-state index contributed by atoms with van der Waals surface area (Å²) in [5.41, 5.74) is 1.25. The third-order valence-electron chi connectivity index (χ3n) is 3.26. The van der Waals surface area contributed by atoms with E-state index in [0.29, 0.717) is 10.4 Å². The van der Waals surface area contributed by atoms with Crippen molar-refractivity contribution in [3.8, 4) is 11.6 Å². The van der Waals surface area contributed by atoms with Crippen LogP contribution in [0.4, 0.5) is 0 Å². The summed E-state index contributed by atoms with van der Waals surface area (Å²) in [6.45, 7) is 4.24. The van der Waals surface area contributed by atoms with Crippen LogP contribution >= 0.6 is 43.6 Å². The molecule has 0 aliphatic rings. The van der Waals surface area contributed by atoms with E-state index in [1.165, 1.54) is 5.56 Å². The Morgan fingerprint density at radius 2 is 1.83 bits per heavy atom. The minimum absolute atomic E-state index is 0.247. The fraction of sp³-hybridized carbons (Fsp3) is 0.250. The van der Waals surface area contributed by atoms with Crippen molar-refractivity contribution in [2.75, 3.05) is 0 Å². The number of rotatable bonds is 5. The average Bonchev–Trinajstić information content (AvgIpc) is 3.12. The van der Waals surface area contributed by atoms with Gasteiger partial charge in [-0.2, -0.15) is 0 Å². The molecule has 3 rings (SSSR count). The Hall–Kier alpha value is -1.05. The summed E-state index contributed by atoms with van der Waals surface area (Å²) in [6, 6.07) is 12.3. The smallest absolute Gasteiger partial charge is 0.200 e. The van der Waals surface area contributed by atoms with Gasteiger partial charge >= 0.3 is 0 Å². The lowest BCUT2D eigenvalue weighted by atomic mass is 10.2. The summed E-state index contributed by atoms with van der Waals surface area (Å²) in [7, 11) is 0. The third kappa shape index (κ3) is 3.89. The Morgan fingerprint density at radius 1 is 1.09 bits per heavy atom. The van der Waals surface area contributed by atoms with Gasteiger partial charge in [-0.3, -0.25) is 4.57 Å². The summed E-state index contributed by atoms with van der Waals surface area (Å²) in [6.07, 6.45) is 0. The number of aromatic nitrogens is 3. The quantitative estimate of drug-likeness (QED) is 0.446. The maximum absolute atomic E-state index is 5.63. The number of nitrogens with zero attached hydrogens (tertiary/aromatic N) is 3. The highest BCUT2D eigenvalue weighted by Crippen LogP contribution is 2.31. The Morgan fingerprint density at radius 3 is 2.43 bits per heavy atom. The molecule has 7 heteroatoms. The molecule has 1 aromatic carbocycles.